The molecule has 0 aliphatic heterocycles. The van der Waals surface area contributed by atoms with Gasteiger partial charge < -0.3 is 14.5 Å². The number of aryl methyl sites for hydroxylation is 2. The van der Waals surface area contributed by atoms with Crippen molar-refractivity contribution in [2.24, 2.45) is 0 Å². The molecule has 4 nitrogen and oxygen atoms in total. The van der Waals surface area contributed by atoms with Crippen molar-refractivity contribution in [2.45, 2.75) is 32.9 Å². The smallest absolute Gasteiger partial charge is 0.416 e. The van der Waals surface area contributed by atoms with E-state index in [9.17, 15) is 18.0 Å². The summed E-state index contributed by atoms with van der Waals surface area (Å²) in [5, 5.41) is 1.21. The number of benzene rings is 2. The molecule has 1 heterocycles. The molecule has 1 aromatic heterocycles. The number of carbonyl (C=O) groups excluding carboxylic acids is 1. The first-order chi connectivity index (χ1) is 14.2. The summed E-state index contributed by atoms with van der Waals surface area (Å²) in [6.45, 7) is 4.09. The number of halogens is 4. The van der Waals surface area contributed by atoms with E-state index in [2.05, 4.69) is 4.98 Å². The largest absolute Gasteiger partial charge is 0.494 e. The van der Waals surface area contributed by atoms with Crippen LogP contribution in [0.3, 0.4) is 0 Å². The number of nitrogens with one attached hydrogen (secondary N) is 1. The molecule has 3 aromatic rings. The molecule has 160 valence electrons. The predicted molar refractivity (Wildman–Crippen MR) is 109 cm³/mol. The first kappa shape index (κ1) is 22.0. The fourth-order valence-corrected chi connectivity index (χ4v) is 3.33. The van der Waals surface area contributed by atoms with Crippen LogP contribution in [0.15, 0.2) is 36.4 Å². The Balaban J connectivity index is 1.80. The number of ether oxygens (including phenoxy) is 2. The summed E-state index contributed by atoms with van der Waals surface area (Å²) >= 11 is 6.00. The molecule has 3 rings (SSSR count). The first-order valence-corrected chi connectivity index (χ1v) is 9.86. The maximum atomic E-state index is 13.0. The molecule has 30 heavy (non-hydrogen) atoms. The fourth-order valence-electron chi connectivity index (χ4n) is 3.22. The standard InChI is InChI=1S/C22H21ClF3NO3/c1-3-29-21(28)20-17(5-4-10-30-15-7-9-18(23)13(2)11-15)16-8-6-14(22(24,25)26)12-19(16)27-20/h6-9,11-12,27H,3-5,10H2,1-2H3. The zero-order chi connectivity index (χ0) is 21.9. The third-order valence-corrected chi connectivity index (χ3v) is 5.11. The molecule has 0 radical (unpaired) electrons. The van der Waals surface area contributed by atoms with Crippen LogP contribution in [0.2, 0.25) is 5.02 Å². The molecule has 0 spiro atoms. The van der Waals surface area contributed by atoms with Gasteiger partial charge in [0.15, 0.2) is 0 Å². The fraction of sp³-hybridized carbons (Fsp3) is 0.318. The number of fused-ring (bicyclic) bond motifs is 1. The minimum absolute atomic E-state index is 0.167. The van der Waals surface area contributed by atoms with Gasteiger partial charge >= 0.3 is 12.1 Å². The highest BCUT2D eigenvalue weighted by Gasteiger charge is 2.31. The molecule has 0 aliphatic rings. The van der Waals surface area contributed by atoms with Gasteiger partial charge in [-0.25, -0.2) is 4.79 Å². The maximum absolute atomic E-state index is 13.0. The van der Waals surface area contributed by atoms with Crippen molar-refractivity contribution in [1.29, 1.82) is 0 Å². The van der Waals surface area contributed by atoms with E-state index in [1.165, 1.54) is 6.07 Å². The third kappa shape index (κ3) is 4.90. The lowest BCUT2D eigenvalue weighted by Crippen LogP contribution is -2.09. The lowest BCUT2D eigenvalue weighted by molar-refractivity contribution is -0.137. The van der Waals surface area contributed by atoms with Crippen LogP contribution in [-0.4, -0.2) is 24.2 Å². The van der Waals surface area contributed by atoms with E-state index in [1.54, 1.807) is 19.1 Å². The zero-order valence-corrected chi connectivity index (χ0v) is 17.3. The molecule has 0 aliphatic carbocycles. The molecule has 0 bridgehead atoms. The highest BCUT2D eigenvalue weighted by molar-refractivity contribution is 6.31. The normalized spacial score (nSPS) is 11.7. The topological polar surface area (TPSA) is 51.3 Å². The Labute approximate surface area is 176 Å². The van der Waals surface area contributed by atoms with Gasteiger partial charge in [-0.15, -0.1) is 0 Å². The average molecular weight is 440 g/mol. The Morgan fingerprint density at radius 1 is 1.17 bits per heavy atom. The number of H-pyrrole nitrogens is 1. The molecule has 0 saturated heterocycles. The highest BCUT2D eigenvalue weighted by atomic mass is 35.5. The van der Waals surface area contributed by atoms with Crippen LogP contribution in [0.5, 0.6) is 5.75 Å². The van der Waals surface area contributed by atoms with Crippen molar-refractivity contribution >= 4 is 28.5 Å². The number of aromatic amines is 1. The van der Waals surface area contributed by atoms with Crippen LogP contribution in [0.4, 0.5) is 13.2 Å². The van der Waals surface area contributed by atoms with E-state index in [4.69, 9.17) is 21.1 Å². The molecular formula is C22H21ClF3NO3. The van der Waals surface area contributed by atoms with Gasteiger partial charge in [0.25, 0.3) is 0 Å². The molecule has 1 N–H and O–H groups in total. The van der Waals surface area contributed by atoms with E-state index in [1.807, 2.05) is 13.0 Å². The quantitative estimate of drug-likeness (QED) is 0.345. The minimum Gasteiger partial charge on any atom is -0.494 e. The molecule has 0 fully saturated rings. The second kappa shape index (κ2) is 9.00. The highest BCUT2D eigenvalue weighted by Crippen LogP contribution is 2.33. The van der Waals surface area contributed by atoms with Crippen LogP contribution in [-0.2, 0) is 17.3 Å². The maximum Gasteiger partial charge on any atom is 0.416 e. The van der Waals surface area contributed by atoms with Gasteiger partial charge in [0.1, 0.15) is 11.4 Å². The second-order valence-electron chi connectivity index (χ2n) is 6.82. The summed E-state index contributed by atoms with van der Waals surface area (Å²) < 4.78 is 49.9. The van der Waals surface area contributed by atoms with Gasteiger partial charge in [-0.1, -0.05) is 17.7 Å². The van der Waals surface area contributed by atoms with Crippen LogP contribution < -0.4 is 4.74 Å². The summed E-state index contributed by atoms with van der Waals surface area (Å²) in [7, 11) is 0. The molecule has 0 saturated carbocycles. The number of esters is 1. The van der Waals surface area contributed by atoms with Crippen molar-refractivity contribution in [2.75, 3.05) is 13.2 Å². The number of hydrogen-bond donors (Lipinski definition) is 1. The Morgan fingerprint density at radius 2 is 1.93 bits per heavy atom. The van der Waals surface area contributed by atoms with Gasteiger partial charge in [-0.3, -0.25) is 0 Å². The van der Waals surface area contributed by atoms with Crippen molar-refractivity contribution in [1.82, 2.24) is 4.98 Å². The Morgan fingerprint density at radius 3 is 2.60 bits per heavy atom. The van der Waals surface area contributed by atoms with Crippen LogP contribution in [0.1, 0.15) is 40.5 Å². The van der Waals surface area contributed by atoms with Gasteiger partial charge in [-0.2, -0.15) is 13.2 Å². The number of hydrogen-bond acceptors (Lipinski definition) is 3. The van der Waals surface area contributed by atoms with Crippen LogP contribution in [0.25, 0.3) is 10.9 Å². The SMILES string of the molecule is CCOC(=O)c1[nH]c2cc(C(F)(F)F)ccc2c1CCCOc1ccc(Cl)c(C)c1. The van der Waals surface area contributed by atoms with E-state index in [0.717, 1.165) is 17.7 Å². The Hall–Kier alpha value is -2.67. The van der Waals surface area contributed by atoms with Crippen molar-refractivity contribution in [3.05, 3.63) is 63.8 Å². The molecule has 8 heteroatoms. The number of rotatable bonds is 7. The molecular weight excluding hydrogens is 419 g/mol. The van der Waals surface area contributed by atoms with Gasteiger partial charge in [0.05, 0.1) is 18.8 Å². The van der Waals surface area contributed by atoms with Crippen molar-refractivity contribution in [3.63, 3.8) is 0 Å². The second-order valence-corrected chi connectivity index (χ2v) is 7.23. The van der Waals surface area contributed by atoms with Crippen molar-refractivity contribution < 1.29 is 27.4 Å². The van der Waals surface area contributed by atoms with Crippen LogP contribution in [0, 0.1) is 6.92 Å². The average Bonchev–Trinajstić information content (AvgIpc) is 3.05. The molecule has 2 aromatic carbocycles. The van der Waals surface area contributed by atoms with Crippen molar-refractivity contribution in [3.8, 4) is 5.75 Å². The van der Waals surface area contributed by atoms with E-state index < -0.39 is 17.7 Å². The van der Waals surface area contributed by atoms with Gasteiger partial charge in [0.2, 0.25) is 0 Å². The number of aromatic nitrogens is 1. The van der Waals surface area contributed by atoms with Gasteiger partial charge in [0, 0.05) is 15.9 Å². The third-order valence-electron chi connectivity index (χ3n) is 4.68. The molecule has 0 amide bonds. The first-order valence-electron chi connectivity index (χ1n) is 9.48. The predicted octanol–water partition coefficient (Wildman–Crippen LogP) is 6.34. The summed E-state index contributed by atoms with van der Waals surface area (Å²) in [5.41, 5.74) is 1.16. The number of carbonyl (C=O) groups is 1. The molecule has 0 unspecified atom stereocenters. The monoisotopic (exact) mass is 439 g/mol. The Kier molecular flexibility index (Phi) is 6.61. The van der Waals surface area contributed by atoms with Gasteiger partial charge in [-0.05, 0) is 68.1 Å². The lowest BCUT2D eigenvalue weighted by atomic mass is 10.0. The van der Waals surface area contributed by atoms with E-state index >= 15 is 0 Å². The molecule has 0 atom stereocenters. The van der Waals surface area contributed by atoms with Crippen LogP contribution >= 0.6 is 11.6 Å². The summed E-state index contributed by atoms with van der Waals surface area (Å²) in [5.74, 6) is 0.0859. The summed E-state index contributed by atoms with van der Waals surface area (Å²) in [6, 6.07) is 8.76. The van der Waals surface area contributed by atoms with E-state index in [-0.39, 0.29) is 17.8 Å². The summed E-state index contributed by atoms with van der Waals surface area (Å²) in [4.78, 5) is 15.1. The van der Waals surface area contributed by atoms with E-state index in [0.29, 0.717) is 41.2 Å². The summed E-state index contributed by atoms with van der Waals surface area (Å²) in [6.07, 6.45) is -3.47. The Bertz CT molecular complexity index is 1060. The number of alkyl halides is 3. The minimum atomic E-state index is -4.46. The lowest BCUT2D eigenvalue weighted by Gasteiger charge is -2.09. The zero-order valence-electron chi connectivity index (χ0n) is 16.5.